The van der Waals surface area contributed by atoms with E-state index in [0.29, 0.717) is 6.61 Å². The molecule has 1 heterocycles. The van der Waals surface area contributed by atoms with E-state index in [1.54, 1.807) is 7.11 Å². The van der Waals surface area contributed by atoms with Gasteiger partial charge in [0.2, 0.25) is 0 Å². The monoisotopic (exact) mass is 475 g/mol. The van der Waals surface area contributed by atoms with E-state index < -0.39 is 0 Å². The molecule has 0 radical (unpaired) electrons. The molecule has 1 aromatic carbocycles. The lowest BCUT2D eigenvalue weighted by Gasteiger charge is -2.36. The van der Waals surface area contributed by atoms with Crippen LogP contribution in [0.1, 0.15) is 13.3 Å². The van der Waals surface area contributed by atoms with Crippen molar-refractivity contribution >= 4 is 35.6 Å². The summed E-state index contributed by atoms with van der Waals surface area (Å²) in [6.45, 7) is 10.9. The molecule has 0 bridgehead atoms. The number of benzene rings is 1. The van der Waals surface area contributed by atoms with Gasteiger partial charge in [-0.25, -0.2) is 0 Å². The maximum absolute atomic E-state index is 5.06. The first-order valence-electron chi connectivity index (χ1n) is 9.37. The number of ether oxygens (including phenoxy) is 1. The molecule has 1 aliphatic heterocycles. The van der Waals surface area contributed by atoms with Gasteiger partial charge in [-0.05, 0) is 25.5 Å². The number of para-hydroxylation sites is 1. The molecular formula is C19H34IN5O. The Labute approximate surface area is 175 Å². The van der Waals surface area contributed by atoms with E-state index in [9.17, 15) is 0 Å². The van der Waals surface area contributed by atoms with E-state index in [4.69, 9.17) is 4.74 Å². The van der Waals surface area contributed by atoms with Crippen molar-refractivity contribution in [1.29, 1.82) is 0 Å². The highest BCUT2D eigenvalue weighted by atomic mass is 127. The number of nitrogens with zero attached hydrogens (tertiary/aromatic N) is 3. The standard InChI is InChI=1S/C19H33N5O.HI/c1-3-20-19(22-11-17-25-2)21-10-7-12-23-13-15-24(16-14-23)18-8-5-4-6-9-18;/h4-6,8-9H,3,7,10-17H2,1-2H3,(H2,20,21,22);1H. The number of nitrogens with one attached hydrogen (secondary N) is 2. The fourth-order valence-electron chi connectivity index (χ4n) is 2.97. The highest BCUT2D eigenvalue weighted by Crippen LogP contribution is 2.15. The van der Waals surface area contributed by atoms with Crippen LogP contribution in [0, 0.1) is 0 Å². The summed E-state index contributed by atoms with van der Waals surface area (Å²) in [5.74, 6) is 0.883. The summed E-state index contributed by atoms with van der Waals surface area (Å²) in [5.41, 5.74) is 1.34. The predicted molar refractivity (Wildman–Crippen MR) is 121 cm³/mol. The quantitative estimate of drug-likeness (QED) is 0.248. The molecule has 0 unspecified atom stereocenters. The summed E-state index contributed by atoms with van der Waals surface area (Å²) >= 11 is 0. The topological polar surface area (TPSA) is 52.1 Å². The number of aliphatic imine (C=N–C) groups is 1. The first-order chi connectivity index (χ1) is 12.3. The van der Waals surface area contributed by atoms with Crippen LogP contribution in [-0.4, -0.2) is 76.9 Å². The van der Waals surface area contributed by atoms with Gasteiger partial charge in [-0.3, -0.25) is 9.89 Å². The van der Waals surface area contributed by atoms with Crippen LogP contribution < -0.4 is 15.5 Å². The van der Waals surface area contributed by atoms with E-state index in [1.165, 1.54) is 5.69 Å². The SMILES string of the molecule is CCNC(=NCCCN1CCN(c2ccccc2)CC1)NCCOC.I. The Kier molecular flexibility index (Phi) is 12.4. The zero-order chi connectivity index (χ0) is 17.7. The second kappa shape index (κ2) is 14.1. The van der Waals surface area contributed by atoms with Gasteiger partial charge >= 0.3 is 0 Å². The number of methoxy groups -OCH3 is 1. The zero-order valence-corrected chi connectivity index (χ0v) is 18.4. The molecule has 0 atom stereocenters. The number of hydrogen-bond donors (Lipinski definition) is 2. The average Bonchev–Trinajstić information content (AvgIpc) is 2.66. The van der Waals surface area contributed by atoms with Crippen molar-refractivity contribution < 1.29 is 4.74 Å². The number of anilines is 1. The van der Waals surface area contributed by atoms with Crippen LogP contribution in [0.15, 0.2) is 35.3 Å². The lowest BCUT2D eigenvalue weighted by molar-refractivity contribution is 0.203. The van der Waals surface area contributed by atoms with Crippen LogP contribution in [0.3, 0.4) is 0 Å². The zero-order valence-electron chi connectivity index (χ0n) is 16.1. The molecule has 1 saturated heterocycles. The normalized spacial score (nSPS) is 15.5. The number of rotatable bonds is 9. The molecule has 1 aromatic rings. The second-order valence-electron chi connectivity index (χ2n) is 6.20. The summed E-state index contributed by atoms with van der Waals surface area (Å²) in [6.07, 6.45) is 1.09. The molecule has 2 N–H and O–H groups in total. The van der Waals surface area contributed by atoms with Gasteiger partial charge < -0.3 is 20.3 Å². The fraction of sp³-hybridized carbons (Fsp3) is 0.632. The highest BCUT2D eigenvalue weighted by molar-refractivity contribution is 14.0. The van der Waals surface area contributed by atoms with E-state index in [2.05, 4.69) is 62.7 Å². The lowest BCUT2D eigenvalue weighted by Crippen LogP contribution is -2.46. The summed E-state index contributed by atoms with van der Waals surface area (Å²) in [7, 11) is 1.71. The third-order valence-corrected chi connectivity index (χ3v) is 4.34. The molecule has 1 aliphatic rings. The Morgan fingerprint density at radius 3 is 2.50 bits per heavy atom. The summed E-state index contributed by atoms with van der Waals surface area (Å²) in [5, 5.41) is 6.54. The van der Waals surface area contributed by atoms with Crippen molar-refractivity contribution in [2.24, 2.45) is 4.99 Å². The van der Waals surface area contributed by atoms with Gasteiger partial charge in [0.05, 0.1) is 6.61 Å². The summed E-state index contributed by atoms with van der Waals surface area (Å²) < 4.78 is 5.06. The average molecular weight is 475 g/mol. The van der Waals surface area contributed by atoms with Crippen LogP contribution in [0.5, 0.6) is 0 Å². The van der Waals surface area contributed by atoms with Crippen LogP contribution in [0.25, 0.3) is 0 Å². The van der Waals surface area contributed by atoms with Crippen molar-refractivity contribution in [3.05, 3.63) is 30.3 Å². The van der Waals surface area contributed by atoms with Crippen molar-refractivity contribution in [3.63, 3.8) is 0 Å². The van der Waals surface area contributed by atoms with Crippen LogP contribution >= 0.6 is 24.0 Å². The van der Waals surface area contributed by atoms with Gasteiger partial charge in [0.1, 0.15) is 0 Å². The predicted octanol–water partition coefficient (Wildman–Crippen LogP) is 2.02. The van der Waals surface area contributed by atoms with Gasteiger partial charge in [0.15, 0.2) is 5.96 Å². The lowest BCUT2D eigenvalue weighted by atomic mass is 10.2. The first-order valence-corrected chi connectivity index (χ1v) is 9.37. The highest BCUT2D eigenvalue weighted by Gasteiger charge is 2.16. The number of guanidine groups is 1. The molecule has 0 spiro atoms. The summed E-state index contributed by atoms with van der Waals surface area (Å²) in [6, 6.07) is 10.7. The molecule has 0 aliphatic carbocycles. The van der Waals surface area contributed by atoms with Gasteiger partial charge in [0.25, 0.3) is 0 Å². The molecule has 0 amide bonds. The van der Waals surface area contributed by atoms with Crippen LogP contribution in [0.4, 0.5) is 5.69 Å². The minimum Gasteiger partial charge on any atom is -0.383 e. The number of piperazine rings is 1. The molecule has 26 heavy (non-hydrogen) atoms. The van der Waals surface area contributed by atoms with Crippen molar-refractivity contribution in [3.8, 4) is 0 Å². The molecule has 148 valence electrons. The molecular weight excluding hydrogens is 441 g/mol. The largest absolute Gasteiger partial charge is 0.383 e. The Morgan fingerprint density at radius 1 is 1.12 bits per heavy atom. The van der Waals surface area contributed by atoms with Gasteiger partial charge in [-0.1, -0.05) is 18.2 Å². The molecule has 0 aromatic heterocycles. The molecule has 6 nitrogen and oxygen atoms in total. The van der Waals surface area contributed by atoms with E-state index in [-0.39, 0.29) is 24.0 Å². The van der Waals surface area contributed by atoms with Gasteiger partial charge in [-0.15, -0.1) is 24.0 Å². The van der Waals surface area contributed by atoms with Crippen molar-refractivity contribution in [1.82, 2.24) is 15.5 Å². The van der Waals surface area contributed by atoms with Crippen molar-refractivity contribution in [2.75, 3.05) is 71.0 Å². The Bertz CT molecular complexity index is 492. The first kappa shape index (κ1) is 23.0. The minimum atomic E-state index is 0. The number of hydrogen-bond acceptors (Lipinski definition) is 4. The second-order valence-corrected chi connectivity index (χ2v) is 6.20. The third-order valence-electron chi connectivity index (χ3n) is 4.34. The van der Waals surface area contributed by atoms with Crippen molar-refractivity contribution in [2.45, 2.75) is 13.3 Å². The molecule has 0 saturated carbocycles. The number of halogens is 1. The minimum absolute atomic E-state index is 0. The van der Waals surface area contributed by atoms with Crippen LogP contribution in [0.2, 0.25) is 0 Å². The summed E-state index contributed by atoms with van der Waals surface area (Å²) in [4.78, 5) is 9.65. The molecule has 2 rings (SSSR count). The maximum Gasteiger partial charge on any atom is 0.191 e. The van der Waals surface area contributed by atoms with Gasteiger partial charge in [-0.2, -0.15) is 0 Å². The third kappa shape index (κ3) is 8.55. The van der Waals surface area contributed by atoms with E-state index >= 15 is 0 Å². The molecule has 1 fully saturated rings. The smallest absolute Gasteiger partial charge is 0.191 e. The Hall–Kier alpha value is -1.06. The fourth-order valence-corrected chi connectivity index (χ4v) is 2.97. The van der Waals surface area contributed by atoms with Gasteiger partial charge in [0, 0.05) is 65.2 Å². The molecule has 7 heteroatoms. The van der Waals surface area contributed by atoms with E-state index in [1.807, 2.05) is 0 Å². The Morgan fingerprint density at radius 2 is 1.85 bits per heavy atom. The Balaban J connectivity index is 0.00000338. The maximum atomic E-state index is 5.06. The van der Waals surface area contributed by atoms with Crippen LogP contribution in [-0.2, 0) is 4.74 Å². The van der Waals surface area contributed by atoms with E-state index in [0.717, 1.165) is 64.7 Å².